The van der Waals surface area contributed by atoms with Crippen LogP contribution in [0.5, 0.6) is 0 Å². The highest BCUT2D eigenvalue weighted by Crippen LogP contribution is 2.39. The third kappa shape index (κ3) is 5.52. The number of sulfonamides is 1. The Hall–Kier alpha value is -1.70. The lowest BCUT2D eigenvalue weighted by atomic mass is 9.94. The first-order valence-electron chi connectivity index (χ1n) is 11.4. The molecule has 2 aromatic rings. The van der Waals surface area contributed by atoms with Crippen molar-refractivity contribution in [3.05, 3.63) is 47.3 Å². The van der Waals surface area contributed by atoms with Crippen molar-refractivity contribution in [3.8, 4) is 0 Å². The van der Waals surface area contributed by atoms with E-state index in [0.717, 1.165) is 6.92 Å². The number of hydrogen-bond acceptors (Lipinski definition) is 7. The number of ether oxygens (including phenoxy) is 1. The fraction of sp³-hybridized carbons (Fsp3) is 0.565. The van der Waals surface area contributed by atoms with Gasteiger partial charge in [-0.25, -0.2) is 8.42 Å². The molecule has 2 saturated heterocycles. The molecule has 194 valence electrons. The van der Waals surface area contributed by atoms with E-state index in [4.69, 9.17) is 4.74 Å². The molecule has 0 amide bonds. The predicted molar refractivity (Wildman–Crippen MR) is 128 cm³/mol. The number of nitrogens with one attached hydrogen (secondary N) is 1. The zero-order chi connectivity index (χ0) is 25.4. The normalized spacial score (nSPS) is 23.0. The molecule has 0 radical (unpaired) electrons. The Labute approximate surface area is 207 Å². The van der Waals surface area contributed by atoms with Gasteiger partial charge in [-0.3, -0.25) is 0 Å². The number of hydrogen-bond donors (Lipinski definition) is 2. The number of alkyl halides is 3. The summed E-state index contributed by atoms with van der Waals surface area (Å²) >= 11 is 1.18. The molecule has 4 rings (SSSR count). The maximum absolute atomic E-state index is 13.3. The van der Waals surface area contributed by atoms with E-state index in [0.29, 0.717) is 36.1 Å². The lowest BCUT2D eigenvalue weighted by Gasteiger charge is -2.43. The van der Waals surface area contributed by atoms with Gasteiger partial charge in [0.25, 0.3) is 10.0 Å². The maximum atomic E-state index is 13.3. The van der Waals surface area contributed by atoms with Crippen LogP contribution in [0.4, 0.5) is 18.9 Å². The Morgan fingerprint density at radius 1 is 1.20 bits per heavy atom. The van der Waals surface area contributed by atoms with Gasteiger partial charge in [-0.1, -0.05) is 18.2 Å². The minimum absolute atomic E-state index is 0.0750. The first kappa shape index (κ1) is 26.4. The van der Waals surface area contributed by atoms with Crippen LogP contribution in [-0.4, -0.2) is 75.0 Å². The number of halogens is 3. The van der Waals surface area contributed by atoms with Gasteiger partial charge in [-0.2, -0.15) is 17.5 Å². The van der Waals surface area contributed by atoms with E-state index in [9.17, 15) is 26.7 Å². The van der Waals surface area contributed by atoms with Crippen molar-refractivity contribution >= 4 is 27.0 Å². The van der Waals surface area contributed by atoms with Crippen LogP contribution in [0.25, 0.3) is 0 Å². The molecule has 2 N–H and O–H groups in total. The number of thiophene rings is 1. The van der Waals surface area contributed by atoms with E-state index < -0.39 is 21.8 Å². The van der Waals surface area contributed by atoms with Crippen molar-refractivity contribution in [2.24, 2.45) is 0 Å². The first-order valence-corrected chi connectivity index (χ1v) is 13.8. The van der Waals surface area contributed by atoms with E-state index >= 15 is 0 Å². The van der Waals surface area contributed by atoms with Crippen LogP contribution in [-0.2, 0) is 20.4 Å². The van der Waals surface area contributed by atoms with Gasteiger partial charge < -0.3 is 20.1 Å². The van der Waals surface area contributed by atoms with Gasteiger partial charge in [0.1, 0.15) is 4.21 Å². The average molecular weight is 534 g/mol. The van der Waals surface area contributed by atoms with E-state index in [1.165, 1.54) is 27.8 Å². The highest BCUT2D eigenvalue weighted by Gasteiger charge is 2.51. The van der Waals surface area contributed by atoms with E-state index in [-0.39, 0.29) is 36.8 Å². The Kier molecular flexibility index (Phi) is 7.52. The minimum Gasteiger partial charge on any atom is -0.378 e. The van der Waals surface area contributed by atoms with Crippen LogP contribution in [0.2, 0.25) is 0 Å². The summed E-state index contributed by atoms with van der Waals surface area (Å²) in [5, 5.41) is 15.2. The Morgan fingerprint density at radius 2 is 1.89 bits per heavy atom. The van der Waals surface area contributed by atoms with E-state index in [2.05, 4.69) is 5.32 Å². The Balaban J connectivity index is 1.56. The molecule has 12 heteroatoms. The third-order valence-electron chi connectivity index (χ3n) is 6.63. The van der Waals surface area contributed by atoms with Crippen molar-refractivity contribution in [1.82, 2.24) is 9.62 Å². The van der Waals surface area contributed by atoms with Gasteiger partial charge in [0.05, 0.1) is 19.3 Å². The molecular weight excluding hydrogens is 503 g/mol. The molecule has 7 nitrogen and oxygen atoms in total. The number of rotatable bonds is 8. The second kappa shape index (κ2) is 9.98. The largest absolute Gasteiger partial charge is 0.421 e. The zero-order valence-electron chi connectivity index (χ0n) is 19.5. The van der Waals surface area contributed by atoms with E-state index in [1.807, 2.05) is 11.8 Å². The third-order valence-corrected chi connectivity index (χ3v) is 9.87. The summed E-state index contributed by atoms with van der Waals surface area (Å²) < 4.78 is 73.1. The summed E-state index contributed by atoms with van der Waals surface area (Å²) in [4.78, 5) is 2.04. The molecule has 0 aliphatic carbocycles. The van der Waals surface area contributed by atoms with Crippen LogP contribution < -0.4 is 10.2 Å². The van der Waals surface area contributed by atoms with Crippen molar-refractivity contribution in [2.75, 3.05) is 37.7 Å². The van der Waals surface area contributed by atoms with Crippen molar-refractivity contribution < 1.29 is 31.4 Å². The molecule has 3 unspecified atom stereocenters. The highest BCUT2D eigenvalue weighted by atomic mass is 32.2. The van der Waals surface area contributed by atoms with Gasteiger partial charge >= 0.3 is 6.18 Å². The lowest BCUT2D eigenvalue weighted by Crippen LogP contribution is -2.57. The van der Waals surface area contributed by atoms with Gasteiger partial charge in [-0.05, 0) is 49.4 Å². The molecule has 2 aliphatic rings. The van der Waals surface area contributed by atoms with Gasteiger partial charge in [0.2, 0.25) is 0 Å². The van der Waals surface area contributed by atoms with Crippen LogP contribution in [0.1, 0.15) is 25.8 Å². The summed E-state index contributed by atoms with van der Waals surface area (Å²) in [6.07, 6.45) is -4.17. The quantitative estimate of drug-likeness (QED) is 0.543. The number of piperazine rings is 1. The Bertz CT molecular complexity index is 1090. The maximum Gasteiger partial charge on any atom is 0.421 e. The van der Waals surface area contributed by atoms with Crippen molar-refractivity contribution in [3.63, 3.8) is 0 Å². The molecule has 2 aliphatic heterocycles. The SMILES string of the molecule is CC(CC1CN(S(=O)(=O)c2cccs2)CCN1c1ccc(C(C)(O)C(F)(F)F)cc1)NC1COC1. The number of benzene rings is 1. The van der Waals surface area contributed by atoms with Crippen molar-refractivity contribution in [1.29, 1.82) is 0 Å². The van der Waals surface area contributed by atoms with Crippen LogP contribution in [0.15, 0.2) is 46.0 Å². The Morgan fingerprint density at radius 3 is 2.43 bits per heavy atom. The summed E-state index contributed by atoms with van der Waals surface area (Å²) in [6.45, 7) is 4.95. The summed E-state index contributed by atoms with van der Waals surface area (Å²) in [7, 11) is -3.63. The predicted octanol–water partition coefficient (Wildman–Crippen LogP) is 3.16. The minimum atomic E-state index is -4.80. The monoisotopic (exact) mass is 533 g/mol. The van der Waals surface area contributed by atoms with Crippen LogP contribution in [0.3, 0.4) is 0 Å². The van der Waals surface area contributed by atoms with Crippen LogP contribution in [0, 0.1) is 0 Å². The second-order valence-electron chi connectivity index (χ2n) is 9.30. The molecule has 0 spiro atoms. The summed E-state index contributed by atoms with van der Waals surface area (Å²) in [6, 6.07) is 9.11. The highest BCUT2D eigenvalue weighted by molar-refractivity contribution is 7.91. The standard InChI is InChI=1S/C23H30F3N3O4S2/c1-16(27-18-14-33-15-18)12-20-13-28(35(31,32)21-4-3-11-34-21)9-10-29(20)19-7-5-17(6-8-19)22(2,30)23(24,25)26/h3-8,11,16,18,20,27,30H,9-10,12-15H2,1-2H3. The van der Waals surface area contributed by atoms with Gasteiger partial charge in [0, 0.05) is 37.4 Å². The molecule has 2 fully saturated rings. The molecule has 3 heterocycles. The van der Waals surface area contributed by atoms with Gasteiger partial charge in [0.15, 0.2) is 5.60 Å². The summed E-state index contributed by atoms with van der Waals surface area (Å²) in [5.41, 5.74) is -2.52. The second-order valence-corrected chi connectivity index (χ2v) is 12.4. The first-order chi connectivity index (χ1) is 16.4. The smallest absolute Gasteiger partial charge is 0.378 e. The fourth-order valence-electron chi connectivity index (χ4n) is 4.48. The summed E-state index contributed by atoms with van der Waals surface area (Å²) in [5.74, 6) is 0. The molecule has 1 aromatic carbocycles. The topological polar surface area (TPSA) is 82.1 Å². The molecule has 0 bridgehead atoms. The van der Waals surface area contributed by atoms with Gasteiger partial charge in [-0.15, -0.1) is 11.3 Å². The molecule has 1 aromatic heterocycles. The molecular formula is C23H30F3N3O4S2. The van der Waals surface area contributed by atoms with Crippen molar-refractivity contribution in [2.45, 2.75) is 54.4 Å². The molecule has 35 heavy (non-hydrogen) atoms. The molecule has 0 saturated carbocycles. The number of aliphatic hydroxyl groups is 1. The van der Waals surface area contributed by atoms with Crippen LogP contribution >= 0.6 is 11.3 Å². The number of nitrogens with zero attached hydrogens (tertiary/aromatic N) is 2. The van der Waals surface area contributed by atoms with E-state index in [1.54, 1.807) is 29.6 Å². The zero-order valence-corrected chi connectivity index (χ0v) is 21.2. The fourth-order valence-corrected chi connectivity index (χ4v) is 7.09. The molecule has 3 atom stereocenters. The average Bonchev–Trinajstić information content (AvgIpc) is 3.31. The lowest BCUT2D eigenvalue weighted by molar-refractivity contribution is -0.258. The number of anilines is 1.